The van der Waals surface area contributed by atoms with Gasteiger partial charge in [0.15, 0.2) is 0 Å². The Bertz CT molecular complexity index is 416. The van der Waals surface area contributed by atoms with Crippen molar-refractivity contribution in [2.24, 2.45) is 5.92 Å². The van der Waals surface area contributed by atoms with E-state index in [9.17, 15) is 4.79 Å². The number of nitrogens with zero attached hydrogens (tertiary/aromatic N) is 2. The van der Waals surface area contributed by atoms with E-state index < -0.39 is 0 Å². The van der Waals surface area contributed by atoms with Crippen molar-refractivity contribution >= 4 is 11.7 Å². The SMILES string of the molecule is O=C(C1CC1)N1CCC[C@H](Nc2ccccn2)C1. The van der Waals surface area contributed by atoms with Crippen LogP contribution in [0, 0.1) is 5.92 Å². The quantitative estimate of drug-likeness (QED) is 0.884. The van der Waals surface area contributed by atoms with Gasteiger partial charge in [-0.1, -0.05) is 6.07 Å². The molecule has 96 valence electrons. The number of amides is 1. The zero-order valence-corrected chi connectivity index (χ0v) is 10.5. The summed E-state index contributed by atoms with van der Waals surface area (Å²) in [6.45, 7) is 1.75. The van der Waals surface area contributed by atoms with Gasteiger partial charge in [-0.15, -0.1) is 0 Å². The topological polar surface area (TPSA) is 45.2 Å². The van der Waals surface area contributed by atoms with Crippen LogP contribution in [0.4, 0.5) is 5.82 Å². The monoisotopic (exact) mass is 245 g/mol. The zero-order valence-electron chi connectivity index (χ0n) is 10.5. The number of hydrogen-bond donors (Lipinski definition) is 1. The highest BCUT2D eigenvalue weighted by Crippen LogP contribution is 2.32. The van der Waals surface area contributed by atoms with Gasteiger partial charge in [0.25, 0.3) is 0 Å². The number of rotatable bonds is 3. The molecule has 1 saturated heterocycles. The van der Waals surface area contributed by atoms with Gasteiger partial charge in [-0.25, -0.2) is 4.98 Å². The van der Waals surface area contributed by atoms with Crippen LogP contribution in [0.1, 0.15) is 25.7 Å². The Morgan fingerprint density at radius 2 is 2.22 bits per heavy atom. The summed E-state index contributed by atoms with van der Waals surface area (Å²) in [4.78, 5) is 18.3. The number of nitrogens with one attached hydrogen (secondary N) is 1. The number of pyridine rings is 1. The van der Waals surface area contributed by atoms with Gasteiger partial charge < -0.3 is 10.2 Å². The third-order valence-corrected chi connectivity index (χ3v) is 3.68. The van der Waals surface area contributed by atoms with Crippen molar-refractivity contribution < 1.29 is 4.79 Å². The number of hydrogen-bond acceptors (Lipinski definition) is 3. The van der Waals surface area contributed by atoms with E-state index in [1.54, 1.807) is 6.20 Å². The predicted octanol–water partition coefficient (Wildman–Crippen LogP) is 1.89. The fourth-order valence-electron chi connectivity index (χ4n) is 2.54. The first-order chi connectivity index (χ1) is 8.83. The molecule has 4 heteroatoms. The molecule has 3 rings (SSSR count). The molecule has 4 nitrogen and oxygen atoms in total. The predicted molar refractivity (Wildman–Crippen MR) is 70.2 cm³/mol. The molecule has 1 amide bonds. The summed E-state index contributed by atoms with van der Waals surface area (Å²) in [6, 6.07) is 6.21. The smallest absolute Gasteiger partial charge is 0.225 e. The summed E-state index contributed by atoms with van der Waals surface area (Å²) >= 11 is 0. The van der Waals surface area contributed by atoms with Crippen LogP contribution < -0.4 is 5.32 Å². The van der Waals surface area contributed by atoms with Gasteiger partial charge in [0.1, 0.15) is 5.82 Å². The lowest BCUT2D eigenvalue weighted by atomic mass is 10.1. The minimum Gasteiger partial charge on any atom is -0.366 e. The maximum Gasteiger partial charge on any atom is 0.225 e. The lowest BCUT2D eigenvalue weighted by molar-refractivity contribution is -0.133. The lowest BCUT2D eigenvalue weighted by Crippen LogP contribution is -2.45. The highest BCUT2D eigenvalue weighted by Gasteiger charge is 2.35. The van der Waals surface area contributed by atoms with E-state index in [1.165, 1.54) is 0 Å². The number of anilines is 1. The van der Waals surface area contributed by atoms with Gasteiger partial charge in [0.05, 0.1) is 0 Å². The Kier molecular flexibility index (Phi) is 3.17. The molecule has 2 aliphatic rings. The van der Waals surface area contributed by atoms with Crippen molar-refractivity contribution in [3.63, 3.8) is 0 Å². The van der Waals surface area contributed by atoms with Gasteiger partial charge in [-0.3, -0.25) is 4.79 Å². The average molecular weight is 245 g/mol. The van der Waals surface area contributed by atoms with E-state index >= 15 is 0 Å². The Hall–Kier alpha value is -1.58. The summed E-state index contributed by atoms with van der Waals surface area (Å²) in [5.74, 6) is 1.60. The minimum atomic E-state index is 0.332. The molecule has 1 atom stereocenters. The molecule has 0 unspecified atom stereocenters. The van der Waals surface area contributed by atoms with E-state index in [4.69, 9.17) is 0 Å². The number of carbonyl (C=O) groups is 1. The Balaban J connectivity index is 1.58. The summed E-state index contributed by atoms with van der Waals surface area (Å²) in [6.07, 6.45) is 6.17. The van der Waals surface area contributed by atoms with E-state index in [0.717, 1.165) is 44.6 Å². The Labute approximate surface area is 107 Å². The molecule has 1 aliphatic carbocycles. The van der Waals surface area contributed by atoms with Crippen molar-refractivity contribution in [1.82, 2.24) is 9.88 Å². The second kappa shape index (κ2) is 4.96. The summed E-state index contributed by atoms with van der Waals surface area (Å²) in [7, 11) is 0. The van der Waals surface area contributed by atoms with E-state index in [1.807, 2.05) is 23.1 Å². The van der Waals surface area contributed by atoms with Gasteiger partial charge >= 0.3 is 0 Å². The first kappa shape index (κ1) is 11.5. The average Bonchev–Trinajstić information content (AvgIpc) is 3.24. The minimum absolute atomic E-state index is 0.332. The maximum atomic E-state index is 12.0. The van der Waals surface area contributed by atoms with E-state index in [0.29, 0.717) is 17.9 Å². The normalized spacial score (nSPS) is 23.8. The van der Waals surface area contributed by atoms with Crippen LogP contribution in [-0.2, 0) is 4.79 Å². The highest BCUT2D eigenvalue weighted by atomic mass is 16.2. The van der Waals surface area contributed by atoms with Crippen molar-refractivity contribution in [2.45, 2.75) is 31.7 Å². The summed E-state index contributed by atoms with van der Waals surface area (Å²) in [5.41, 5.74) is 0. The lowest BCUT2D eigenvalue weighted by Gasteiger charge is -2.33. The van der Waals surface area contributed by atoms with Gasteiger partial charge in [0, 0.05) is 31.2 Å². The first-order valence-corrected chi connectivity index (χ1v) is 6.79. The van der Waals surface area contributed by atoms with E-state index in [-0.39, 0.29) is 0 Å². The molecular weight excluding hydrogens is 226 g/mol. The summed E-state index contributed by atoms with van der Waals surface area (Å²) < 4.78 is 0. The van der Waals surface area contributed by atoms with Crippen LogP contribution in [-0.4, -0.2) is 34.9 Å². The number of carbonyl (C=O) groups excluding carboxylic acids is 1. The van der Waals surface area contributed by atoms with Gasteiger partial charge in [-0.05, 0) is 37.8 Å². The number of aromatic nitrogens is 1. The molecule has 1 aromatic heterocycles. The summed E-state index contributed by atoms with van der Waals surface area (Å²) in [5, 5.41) is 3.42. The molecule has 2 heterocycles. The second-order valence-corrected chi connectivity index (χ2v) is 5.26. The molecule has 0 aromatic carbocycles. The van der Waals surface area contributed by atoms with Gasteiger partial charge in [0.2, 0.25) is 5.91 Å². The molecule has 18 heavy (non-hydrogen) atoms. The largest absolute Gasteiger partial charge is 0.366 e. The van der Waals surface area contributed by atoms with Gasteiger partial charge in [-0.2, -0.15) is 0 Å². The molecule has 0 bridgehead atoms. The van der Waals surface area contributed by atoms with Crippen LogP contribution in [0.3, 0.4) is 0 Å². The molecule has 1 aromatic rings. The van der Waals surface area contributed by atoms with E-state index in [2.05, 4.69) is 10.3 Å². The van der Waals surface area contributed by atoms with Crippen molar-refractivity contribution in [1.29, 1.82) is 0 Å². The fraction of sp³-hybridized carbons (Fsp3) is 0.571. The number of likely N-dealkylation sites (tertiary alicyclic amines) is 1. The fourth-order valence-corrected chi connectivity index (χ4v) is 2.54. The van der Waals surface area contributed by atoms with Crippen LogP contribution in [0.5, 0.6) is 0 Å². The van der Waals surface area contributed by atoms with Crippen molar-refractivity contribution in [3.8, 4) is 0 Å². The van der Waals surface area contributed by atoms with Crippen LogP contribution in [0.15, 0.2) is 24.4 Å². The van der Waals surface area contributed by atoms with Crippen LogP contribution >= 0.6 is 0 Å². The second-order valence-electron chi connectivity index (χ2n) is 5.26. The zero-order chi connectivity index (χ0) is 12.4. The molecular formula is C14H19N3O. The Morgan fingerprint density at radius 1 is 1.33 bits per heavy atom. The first-order valence-electron chi connectivity index (χ1n) is 6.79. The molecule has 0 spiro atoms. The van der Waals surface area contributed by atoms with Crippen LogP contribution in [0.25, 0.3) is 0 Å². The molecule has 1 N–H and O–H groups in total. The Morgan fingerprint density at radius 3 is 2.94 bits per heavy atom. The van der Waals surface area contributed by atoms with Crippen LogP contribution in [0.2, 0.25) is 0 Å². The molecule has 2 fully saturated rings. The third-order valence-electron chi connectivity index (χ3n) is 3.68. The highest BCUT2D eigenvalue weighted by molar-refractivity contribution is 5.81. The molecule has 1 aliphatic heterocycles. The third kappa shape index (κ3) is 2.63. The molecule has 1 saturated carbocycles. The number of piperidine rings is 1. The van der Waals surface area contributed by atoms with Crippen molar-refractivity contribution in [2.75, 3.05) is 18.4 Å². The maximum absolute atomic E-state index is 12.0. The standard InChI is InChI=1S/C14H19N3O/c18-14(11-6-7-11)17-9-3-4-12(10-17)16-13-5-1-2-8-15-13/h1-2,5,8,11-12H,3-4,6-7,9-10H2,(H,15,16)/t12-/m0/s1. The van der Waals surface area contributed by atoms with Crippen molar-refractivity contribution in [3.05, 3.63) is 24.4 Å². The molecule has 0 radical (unpaired) electrons.